The van der Waals surface area contributed by atoms with Gasteiger partial charge in [0.05, 0.1) is 23.7 Å². The molecule has 0 aliphatic rings. The van der Waals surface area contributed by atoms with E-state index in [4.69, 9.17) is 4.42 Å². The summed E-state index contributed by atoms with van der Waals surface area (Å²) in [6.07, 6.45) is 0. The number of guanidine groups is 1. The Bertz CT molecular complexity index is 861. The normalized spacial score (nSPS) is 11.8. The highest BCUT2D eigenvalue weighted by Crippen LogP contribution is 2.12. The molecule has 150 valence electrons. The molecule has 2 aromatic rings. The standard InChI is InChI=1S/C17H25N5O3S.HI/c1-5-19-17(21-11-16-22-12(2)13(3)25-16)20-10-14-7-6-8-15(9-14)26(23,24)18-4;/h6-9,18H,5,10-11H2,1-4H3,(H2,19,20,21);1H. The van der Waals surface area contributed by atoms with Gasteiger partial charge >= 0.3 is 0 Å². The van der Waals surface area contributed by atoms with Crippen molar-refractivity contribution < 1.29 is 12.8 Å². The molecule has 0 unspecified atom stereocenters. The molecule has 27 heavy (non-hydrogen) atoms. The van der Waals surface area contributed by atoms with E-state index in [2.05, 4.69) is 25.3 Å². The van der Waals surface area contributed by atoms with Crippen LogP contribution in [0.3, 0.4) is 0 Å². The number of hydrogen-bond donors (Lipinski definition) is 3. The number of benzene rings is 1. The average molecular weight is 507 g/mol. The third-order valence-corrected chi connectivity index (χ3v) is 5.13. The van der Waals surface area contributed by atoms with Gasteiger partial charge in [-0.1, -0.05) is 12.1 Å². The van der Waals surface area contributed by atoms with E-state index in [0.717, 1.165) is 17.0 Å². The quantitative estimate of drug-likeness (QED) is 0.301. The molecule has 0 aliphatic carbocycles. The van der Waals surface area contributed by atoms with Gasteiger partial charge in [-0.15, -0.1) is 24.0 Å². The van der Waals surface area contributed by atoms with E-state index in [0.29, 0.717) is 31.5 Å². The molecule has 8 nitrogen and oxygen atoms in total. The molecular formula is C17H26IN5O3S. The number of aliphatic imine (C=N–C) groups is 1. The van der Waals surface area contributed by atoms with Crippen molar-refractivity contribution in [1.82, 2.24) is 20.3 Å². The monoisotopic (exact) mass is 507 g/mol. The van der Waals surface area contributed by atoms with Crippen molar-refractivity contribution in [2.75, 3.05) is 13.6 Å². The van der Waals surface area contributed by atoms with Crippen molar-refractivity contribution in [3.8, 4) is 0 Å². The summed E-state index contributed by atoms with van der Waals surface area (Å²) in [7, 11) is -2.08. The molecule has 0 spiro atoms. The van der Waals surface area contributed by atoms with E-state index >= 15 is 0 Å². The van der Waals surface area contributed by atoms with Gasteiger partial charge in [0.2, 0.25) is 15.9 Å². The maximum atomic E-state index is 11.9. The zero-order chi connectivity index (χ0) is 19.2. The molecule has 0 fully saturated rings. The Morgan fingerprint density at radius 3 is 2.59 bits per heavy atom. The Morgan fingerprint density at radius 2 is 2.00 bits per heavy atom. The lowest BCUT2D eigenvalue weighted by molar-refractivity contribution is 0.463. The van der Waals surface area contributed by atoms with Gasteiger partial charge < -0.3 is 15.1 Å². The SMILES string of the molecule is CCNC(=NCc1cccc(S(=O)(=O)NC)c1)NCc1nc(C)c(C)o1.I. The van der Waals surface area contributed by atoms with Crippen molar-refractivity contribution in [1.29, 1.82) is 0 Å². The van der Waals surface area contributed by atoms with E-state index in [1.54, 1.807) is 18.2 Å². The van der Waals surface area contributed by atoms with Crippen LogP contribution in [0.1, 0.15) is 29.8 Å². The number of aryl methyl sites for hydroxylation is 2. The van der Waals surface area contributed by atoms with Crippen LogP contribution in [0.5, 0.6) is 0 Å². The van der Waals surface area contributed by atoms with Crippen LogP contribution < -0.4 is 15.4 Å². The lowest BCUT2D eigenvalue weighted by Gasteiger charge is -2.10. The second-order valence-electron chi connectivity index (χ2n) is 5.65. The highest BCUT2D eigenvalue weighted by atomic mass is 127. The third kappa shape index (κ3) is 6.78. The molecule has 0 saturated carbocycles. The summed E-state index contributed by atoms with van der Waals surface area (Å²) in [5.41, 5.74) is 1.66. The van der Waals surface area contributed by atoms with Crippen LogP contribution in [0, 0.1) is 13.8 Å². The second kappa shape index (κ2) is 10.6. The lowest BCUT2D eigenvalue weighted by Crippen LogP contribution is -2.36. The first kappa shape index (κ1) is 23.4. The fraction of sp³-hybridized carbons (Fsp3) is 0.412. The van der Waals surface area contributed by atoms with Gasteiger partial charge in [-0.3, -0.25) is 0 Å². The van der Waals surface area contributed by atoms with Crippen molar-refractivity contribution in [2.24, 2.45) is 4.99 Å². The molecule has 0 radical (unpaired) electrons. The van der Waals surface area contributed by atoms with Crippen LogP contribution in [0.4, 0.5) is 0 Å². The molecule has 1 aromatic heterocycles. The minimum absolute atomic E-state index is 0. The molecule has 0 atom stereocenters. The van der Waals surface area contributed by atoms with Crippen LogP contribution in [0.25, 0.3) is 0 Å². The number of sulfonamides is 1. The molecule has 0 aliphatic heterocycles. The van der Waals surface area contributed by atoms with E-state index in [1.807, 2.05) is 26.8 Å². The van der Waals surface area contributed by atoms with Crippen LogP contribution >= 0.6 is 24.0 Å². The Labute approximate surface area is 177 Å². The molecule has 0 bridgehead atoms. The third-order valence-electron chi connectivity index (χ3n) is 3.72. The number of hydrogen-bond acceptors (Lipinski definition) is 5. The van der Waals surface area contributed by atoms with Gasteiger partial charge in [-0.2, -0.15) is 0 Å². The van der Waals surface area contributed by atoms with Gasteiger partial charge in [0, 0.05) is 6.54 Å². The lowest BCUT2D eigenvalue weighted by atomic mass is 10.2. The van der Waals surface area contributed by atoms with Gasteiger partial charge in [0.1, 0.15) is 5.76 Å². The van der Waals surface area contributed by atoms with Gasteiger partial charge in [-0.05, 0) is 45.5 Å². The highest BCUT2D eigenvalue weighted by molar-refractivity contribution is 14.0. The Balaban J connectivity index is 0.00000364. The number of nitrogens with one attached hydrogen (secondary N) is 3. The van der Waals surface area contributed by atoms with Gasteiger partial charge in [0.25, 0.3) is 0 Å². The Kier molecular flexibility index (Phi) is 9.19. The van der Waals surface area contributed by atoms with Crippen molar-refractivity contribution in [3.05, 3.63) is 47.2 Å². The predicted octanol–water partition coefficient (Wildman–Crippen LogP) is 2.07. The van der Waals surface area contributed by atoms with Crippen LogP contribution in [-0.2, 0) is 23.1 Å². The number of halogens is 1. The molecule has 2 rings (SSSR count). The van der Waals surface area contributed by atoms with Gasteiger partial charge in [0.15, 0.2) is 5.96 Å². The summed E-state index contributed by atoms with van der Waals surface area (Å²) >= 11 is 0. The van der Waals surface area contributed by atoms with Crippen molar-refractivity contribution >= 4 is 40.0 Å². The number of nitrogens with zero attached hydrogens (tertiary/aromatic N) is 2. The van der Waals surface area contributed by atoms with Crippen molar-refractivity contribution in [3.63, 3.8) is 0 Å². The number of rotatable bonds is 7. The molecule has 3 N–H and O–H groups in total. The smallest absolute Gasteiger partial charge is 0.240 e. The van der Waals surface area contributed by atoms with E-state index in [1.165, 1.54) is 7.05 Å². The first-order chi connectivity index (χ1) is 12.4. The summed E-state index contributed by atoms with van der Waals surface area (Å²) in [6, 6.07) is 6.70. The fourth-order valence-electron chi connectivity index (χ4n) is 2.22. The minimum Gasteiger partial charge on any atom is -0.444 e. The molecule has 1 aromatic carbocycles. The van der Waals surface area contributed by atoms with Gasteiger partial charge in [-0.25, -0.2) is 23.1 Å². The highest BCUT2D eigenvalue weighted by Gasteiger charge is 2.11. The molecule has 10 heteroatoms. The summed E-state index contributed by atoms with van der Waals surface area (Å²) in [6.45, 7) is 7.19. The maximum absolute atomic E-state index is 11.9. The summed E-state index contributed by atoms with van der Waals surface area (Å²) in [5.74, 6) is 1.99. The van der Waals surface area contributed by atoms with E-state index < -0.39 is 10.0 Å². The Morgan fingerprint density at radius 1 is 1.26 bits per heavy atom. The predicted molar refractivity (Wildman–Crippen MR) is 116 cm³/mol. The van der Waals surface area contributed by atoms with Crippen molar-refractivity contribution in [2.45, 2.75) is 38.8 Å². The Hall–Kier alpha value is -1.66. The first-order valence-electron chi connectivity index (χ1n) is 8.33. The average Bonchev–Trinajstić information content (AvgIpc) is 2.95. The summed E-state index contributed by atoms with van der Waals surface area (Å²) < 4.78 is 31.6. The number of aromatic nitrogens is 1. The summed E-state index contributed by atoms with van der Waals surface area (Å²) in [4.78, 5) is 9.03. The van der Waals surface area contributed by atoms with E-state index in [9.17, 15) is 8.42 Å². The van der Waals surface area contributed by atoms with Crippen LogP contribution in [-0.4, -0.2) is 33.0 Å². The molecule has 0 amide bonds. The van der Waals surface area contributed by atoms with Crippen LogP contribution in [0.15, 0.2) is 38.6 Å². The molecule has 0 saturated heterocycles. The fourth-order valence-corrected chi connectivity index (χ4v) is 3.02. The summed E-state index contributed by atoms with van der Waals surface area (Å²) in [5, 5.41) is 6.30. The molecular weight excluding hydrogens is 481 g/mol. The first-order valence-corrected chi connectivity index (χ1v) is 9.81. The zero-order valence-electron chi connectivity index (χ0n) is 15.9. The minimum atomic E-state index is -3.47. The van der Waals surface area contributed by atoms with Crippen LogP contribution in [0.2, 0.25) is 0 Å². The molecule has 1 heterocycles. The zero-order valence-corrected chi connectivity index (χ0v) is 19.0. The topological polar surface area (TPSA) is 109 Å². The van der Waals surface area contributed by atoms with E-state index in [-0.39, 0.29) is 28.9 Å². The number of oxazole rings is 1. The maximum Gasteiger partial charge on any atom is 0.240 e. The second-order valence-corrected chi connectivity index (χ2v) is 7.54. The largest absolute Gasteiger partial charge is 0.444 e.